The first-order valence-electron chi connectivity index (χ1n) is 6.64. The van der Waals surface area contributed by atoms with Gasteiger partial charge in [-0.3, -0.25) is 14.9 Å². The maximum absolute atomic E-state index is 13.0. The van der Waals surface area contributed by atoms with E-state index in [1.165, 1.54) is 12.1 Å². The summed E-state index contributed by atoms with van der Waals surface area (Å²) in [4.78, 5) is 33.4. The second-order valence-electron chi connectivity index (χ2n) is 4.68. The standard InChI is InChI=1S/C15H9ClF2N2O5/c16-10-3-2-9(6-13(10)20(23)24)19-14(21)7-25-15(22)8-1-4-11(17)12(18)5-8/h1-6H,7H2,(H,19,21). The Balaban J connectivity index is 1.96. The molecular weight excluding hydrogens is 362 g/mol. The minimum atomic E-state index is -1.23. The SMILES string of the molecule is O=C(COC(=O)c1ccc(F)c(F)c1)Nc1ccc(Cl)c([N+](=O)[O-])c1. The summed E-state index contributed by atoms with van der Waals surface area (Å²) >= 11 is 5.64. The summed E-state index contributed by atoms with van der Waals surface area (Å²) in [6.07, 6.45) is 0. The molecule has 0 saturated carbocycles. The Kier molecular flexibility index (Phi) is 5.60. The van der Waals surface area contributed by atoms with Gasteiger partial charge in [-0.2, -0.15) is 0 Å². The fraction of sp³-hybridized carbons (Fsp3) is 0.0667. The number of hydrogen-bond acceptors (Lipinski definition) is 5. The number of halogens is 3. The molecule has 0 radical (unpaired) electrons. The average Bonchev–Trinajstić information content (AvgIpc) is 2.56. The van der Waals surface area contributed by atoms with Crippen LogP contribution in [0.2, 0.25) is 5.02 Å². The number of hydrogen-bond donors (Lipinski definition) is 1. The molecule has 25 heavy (non-hydrogen) atoms. The number of esters is 1. The number of nitrogens with zero attached hydrogens (tertiary/aromatic N) is 1. The third-order valence-corrected chi connectivity index (χ3v) is 3.24. The molecule has 2 aromatic carbocycles. The number of carbonyl (C=O) groups excluding carboxylic acids is 2. The predicted octanol–water partition coefficient (Wildman–Crippen LogP) is 3.32. The van der Waals surface area contributed by atoms with Crippen molar-refractivity contribution in [2.45, 2.75) is 0 Å². The summed E-state index contributed by atoms with van der Waals surface area (Å²) in [5.74, 6) is -4.17. The Hall–Kier alpha value is -3.07. The highest BCUT2D eigenvalue weighted by atomic mass is 35.5. The van der Waals surface area contributed by atoms with Crippen LogP contribution >= 0.6 is 11.6 Å². The zero-order valence-corrected chi connectivity index (χ0v) is 13.0. The van der Waals surface area contributed by atoms with Crippen molar-refractivity contribution in [3.63, 3.8) is 0 Å². The summed E-state index contributed by atoms with van der Waals surface area (Å²) < 4.78 is 30.5. The van der Waals surface area contributed by atoms with Crippen molar-refractivity contribution in [3.8, 4) is 0 Å². The van der Waals surface area contributed by atoms with Crippen molar-refractivity contribution in [1.29, 1.82) is 0 Å². The minimum absolute atomic E-state index is 0.0741. The lowest BCUT2D eigenvalue weighted by atomic mass is 10.2. The molecule has 10 heteroatoms. The van der Waals surface area contributed by atoms with Crippen molar-refractivity contribution in [2.24, 2.45) is 0 Å². The van der Waals surface area contributed by atoms with Crippen LogP contribution in [0.4, 0.5) is 20.2 Å². The van der Waals surface area contributed by atoms with Crippen molar-refractivity contribution < 1.29 is 28.0 Å². The lowest BCUT2D eigenvalue weighted by Gasteiger charge is -2.07. The third kappa shape index (κ3) is 4.70. The molecule has 1 amide bonds. The van der Waals surface area contributed by atoms with E-state index in [4.69, 9.17) is 11.6 Å². The molecule has 0 saturated heterocycles. The van der Waals surface area contributed by atoms with E-state index in [-0.39, 0.29) is 16.3 Å². The summed E-state index contributed by atoms with van der Waals surface area (Å²) in [6.45, 7) is -0.728. The maximum atomic E-state index is 13.0. The number of amides is 1. The molecule has 2 aromatic rings. The van der Waals surface area contributed by atoms with Crippen LogP contribution < -0.4 is 5.32 Å². The van der Waals surface area contributed by atoms with Crippen molar-refractivity contribution in [1.82, 2.24) is 0 Å². The first kappa shape index (κ1) is 18.3. The lowest BCUT2D eigenvalue weighted by Crippen LogP contribution is -2.21. The molecule has 0 aliphatic carbocycles. The van der Waals surface area contributed by atoms with Gasteiger partial charge in [0.2, 0.25) is 0 Å². The average molecular weight is 371 g/mol. The van der Waals surface area contributed by atoms with E-state index in [1.54, 1.807) is 0 Å². The third-order valence-electron chi connectivity index (χ3n) is 2.92. The number of benzene rings is 2. The molecule has 1 N–H and O–H groups in total. The number of rotatable bonds is 5. The van der Waals surface area contributed by atoms with Crippen LogP contribution in [0.1, 0.15) is 10.4 Å². The van der Waals surface area contributed by atoms with Crippen molar-refractivity contribution >= 4 is 34.9 Å². The maximum Gasteiger partial charge on any atom is 0.338 e. The van der Waals surface area contributed by atoms with Gasteiger partial charge >= 0.3 is 5.97 Å². The highest BCUT2D eigenvalue weighted by molar-refractivity contribution is 6.32. The van der Waals surface area contributed by atoms with Gasteiger partial charge < -0.3 is 10.1 Å². The van der Waals surface area contributed by atoms with Gasteiger partial charge in [0.05, 0.1) is 10.5 Å². The van der Waals surface area contributed by atoms with E-state index in [2.05, 4.69) is 10.1 Å². The molecule has 0 bridgehead atoms. The number of carbonyl (C=O) groups is 2. The summed E-state index contributed by atoms with van der Waals surface area (Å²) in [7, 11) is 0. The van der Waals surface area contributed by atoms with Gasteiger partial charge in [0, 0.05) is 11.8 Å². The minimum Gasteiger partial charge on any atom is -0.452 e. The fourth-order valence-electron chi connectivity index (χ4n) is 1.76. The molecule has 0 heterocycles. The van der Waals surface area contributed by atoms with Crippen molar-refractivity contribution in [3.05, 3.63) is 68.7 Å². The van der Waals surface area contributed by atoms with E-state index in [0.717, 1.165) is 18.2 Å². The molecule has 0 aliphatic rings. The first-order valence-corrected chi connectivity index (χ1v) is 7.01. The van der Waals surface area contributed by atoms with Crippen LogP contribution in [0, 0.1) is 21.7 Å². The molecule has 0 fully saturated rings. The quantitative estimate of drug-likeness (QED) is 0.494. The second kappa shape index (κ2) is 7.67. The van der Waals surface area contributed by atoms with Crippen LogP contribution in [-0.4, -0.2) is 23.4 Å². The van der Waals surface area contributed by atoms with Gasteiger partial charge in [-0.05, 0) is 30.3 Å². The Morgan fingerprint density at radius 1 is 1.16 bits per heavy atom. The summed E-state index contributed by atoms with van der Waals surface area (Å²) in [5, 5.41) is 12.9. The Labute approximate surface area is 144 Å². The molecule has 130 valence electrons. The number of nitrogens with one attached hydrogen (secondary N) is 1. The normalized spacial score (nSPS) is 10.2. The van der Waals surface area contributed by atoms with E-state index >= 15 is 0 Å². The molecule has 0 aromatic heterocycles. The summed E-state index contributed by atoms with van der Waals surface area (Å²) in [6, 6.07) is 5.97. The van der Waals surface area contributed by atoms with E-state index < -0.39 is 40.7 Å². The van der Waals surface area contributed by atoms with E-state index in [9.17, 15) is 28.5 Å². The van der Waals surface area contributed by atoms with Crippen LogP contribution in [0.25, 0.3) is 0 Å². The molecule has 0 unspecified atom stereocenters. The zero-order chi connectivity index (χ0) is 18.6. The molecule has 2 rings (SSSR count). The van der Waals surface area contributed by atoms with Crippen molar-refractivity contribution in [2.75, 3.05) is 11.9 Å². The summed E-state index contributed by atoms with van der Waals surface area (Å²) in [5.41, 5.74) is -0.600. The molecule has 0 spiro atoms. The Morgan fingerprint density at radius 2 is 1.88 bits per heavy atom. The van der Waals surface area contributed by atoms with E-state index in [0.29, 0.717) is 6.07 Å². The Morgan fingerprint density at radius 3 is 2.52 bits per heavy atom. The van der Waals surface area contributed by atoms with E-state index in [1.807, 2.05) is 0 Å². The van der Waals surface area contributed by atoms with Gasteiger partial charge in [-0.25, -0.2) is 13.6 Å². The number of nitro groups is 1. The molecule has 0 atom stereocenters. The van der Waals surface area contributed by atoms with Crippen LogP contribution in [0.5, 0.6) is 0 Å². The fourth-order valence-corrected chi connectivity index (χ4v) is 1.95. The lowest BCUT2D eigenvalue weighted by molar-refractivity contribution is -0.384. The largest absolute Gasteiger partial charge is 0.452 e. The smallest absolute Gasteiger partial charge is 0.338 e. The van der Waals surface area contributed by atoms with Gasteiger partial charge in [-0.15, -0.1) is 0 Å². The number of ether oxygens (including phenoxy) is 1. The second-order valence-corrected chi connectivity index (χ2v) is 5.08. The molecule has 0 aliphatic heterocycles. The zero-order valence-electron chi connectivity index (χ0n) is 12.3. The van der Waals surface area contributed by atoms with Crippen LogP contribution in [0.15, 0.2) is 36.4 Å². The number of nitro benzene ring substituents is 1. The number of anilines is 1. The molecule has 7 nitrogen and oxygen atoms in total. The highest BCUT2D eigenvalue weighted by Crippen LogP contribution is 2.27. The first-order chi connectivity index (χ1) is 11.8. The van der Waals surface area contributed by atoms with Crippen LogP contribution in [-0.2, 0) is 9.53 Å². The van der Waals surface area contributed by atoms with Gasteiger partial charge in [0.15, 0.2) is 18.2 Å². The van der Waals surface area contributed by atoms with Gasteiger partial charge in [0.25, 0.3) is 11.6 Å². The highest BCUT2D eigenvalue weighted by Gasteiger charge is 2.16. The van der Waals surface area contributed by atoms with Gasteiger partial charge in [-0.1, -0.05) is 11.6 Å². The topological polar surface area (TPSA) is 98.5 Å². The Bertz CT molecular complexity index is 860. The predicted molar refractivity (Wildman–Crippen MR) is 83.4 cm³/mol. The molecular formula is C15H9ClF2N2O5. The monoisotopic (exact) mass is 370 g/mol. The van der Waals surface area contributed by atoms with Crippen LogP contribution in [0.3, 0.4) is 0 Å². The van der Waals surface area contributed by atoms with Gasteiger partial charge in [0.1, 0.15) is 5.02 Å².